The van der Waals surface area contributed by atoms with Crippen LogP contribution in [0.4, 0.5) is 4.79 Å². The van der Waals surface area contributed by atoms with Crippen molar-refractivity contribution in [3.8, 4) is 5.75 Å². The number of likely N-dealkylation sites (tertiary alicyclic amines) is 1. The van der Waals surface area contributed by atoms with Crippen LogP contribution in [-0.2, 0) is 20.7 Å². The van der Waals surface area contributed by atoms with Gasteiger partial charge in [0.1, 0.15) is 17.0 Å². The van der Waals surface area contributed by atoms with Gasteiger partial charge < -0.3 is 19.3 Å². The number of aliphatic hydroxyl groups is 1. The zero-order valence-corrected chi connectivity index (χ0v) is 16.8. The summed E-state index contributed by atoms with van der Waals surface area (Å²) in [4.78, 5) is 25.8. The minimum atomic E-state index is -1.38. The van der Waals surface area contributed by atoms with Crippen LogP contribution in [0.3, 0.4) is 0 Å². The molecule has 0 spiro atoms. The number of carbonyl (C=O) groups excluding carboxylic acids is 2. The molecule has 1 aromatic rings. The molecule has 7 heteroatoms. The molecular weight excluding hydrogens is 350 g/mol. The maximum Gasteiger partial charge on any atom is 0.410 e. The van der Waals surface area contributed by atoms with Gasteiger partial charge in [-0.25, -0.2) is 4.79 Å². The fourth-order valence-electron chi connectivity index (χ4n) is 3.26. The minimum absolute atomic E-state index is 0.0146. The van der Waals surface area contributed by atoms with Gasteiger partial charge in [-0.05, 0) is 51.8 Å². The highest BCUT2D eigenvalue weighted by Crippen LogP contribution is 2.33. The first kappa shape index (κ1) is 21.0. The second-order valence-electron chi connectivity index (χ2n) is 8.11. The number of esters is 1. The van der Waals surface area contributed by atoms with Crippen molar-refractivity contribution >= 4 is 12.1 Å². The number of benzene rings is 1. The molecule has 1 saturated heterocycles. The Bertz CT molecular complexity index is 677. The fraction of sp³-hybridized carbons (Fsp3) is 0.600. The first-order valence-electron chi connectivity index (χ1n) is 8.95. The number of ether oxygens (including phenoxy) is 3. The standard InChI is InChI=1S/C20H29NO6/c1-13(22)26-17-16(11-14-7-9-15(25-6)10-8-14)21(12-20(17,5)24)18(23)27-19(2,3)4/h7-10,16-17,24H,11-12H2,1-6H3/t16-,17+,20+/m1/s1. The topological polar surface area (TPSA) is 85.3 Å². The van der Waals surface area contributed by atoms with Gasteiger partial charge in [0.25, 0.3) is 0 Å². The van der Waals surface area contributed by atoms with Gasteiger partial charge in [0, 0.05) is 6.92 Å². The summed E-state index contributed by atoms with van der Waals surface area (Å²) in [5, 5.41) is 10.8. The van der Waals surface area contributed by atoms with Crippen molar-refractivity contribution in [2.24, 2.45) is 0 Å². The van der Waals surface area contributed by atoms with Crippen molar-refractivity contribution in [1.29, 1.82) is 0 Å². The van der Waals surface area contributed by atoms with Crippen molar-refractivity contribution in [2.45, 2.75) is 64.4 Å². The molecule has 1 aromatic carbocycles. The molecular formula is C20H29NO6. The van der Waals surface area contributed by atoms with Crippen LogP contribution in [0.25, 0.3) is 0 Å². The Morgan fingerprint density at radius 1 is 1.26 bits per heavy atom. The van der Waals surface area contributed by atoms with Crippen molar-refractivity contribution < 1.29 is 28.9 Å². The normalized spacial score (nSPS) is 25.2. The van der Waals surface area contributed by atoms with E-state index < -0.39 is 35.4 Å². The molecule has 0 radical (unpaired) electrons. The molecule has 2 rings (SSSR count). The molecule has 1 heterocycles. The molecule has 0 bridgehead atoms. The number of β-amino-alcohol motifs (C(OH)–C–C–N with tert-alkyl or cyclic N) is 1. The molecule has 1 fully saturated rings. The highest BCUT2D eigenvalue weighted by molar-refractivity contribution is 5.70. The van der Waals surface area contributed by atoms with Gasteiger partial charge in [-0.3, -0.25) is 9.69 Å². The van der Waals surface area contributed by atoms with E-state index in [0.717, 1.165) is 11.3 Å². The smallest absolute Gasteiger partial charge is 0.410 e. The van der Waals surface area contributed by atoms with Crippen LogP contribution in [-0.4, -0.2) is 59.1 Å². The van der Waals surface area contributed by atoms with Gasteiger partial charge in [-0.1, -0.05) is 12.1 Å². The molecule has 1 aliphatic rings. The number of carbonyl (C=O) groups is 2. The summed E-state index contributed by atoms with van der Waals surface area (Å²) in [5.74, 6) is 0.212. The van der Waals surface area contributed by atoms with Crippen molar-refractivity contribution in [1.82, 2.24) is 4.90 Å². The van der Waals surface area contributed by atoms with Gasteiger partial charge in [-0.15, -0.1) is 0 Å². The van der Waals surface area contributed by atoms with E-state index in [2.05, 4.69) is 0 Å². The van der Waals surface area contributed by atoms with Crippen molar-refractivity contribution in [3.63, 3.8) is 0 Å². The predicted octanol–water partition coefficient (Wildman–Crippen LogP) is 2.54. The Labute approximate surface area is 160 Å². The second kappa shape index (κ2) is 7.76. The number of hydrogen-bond acceptors (Lipinski definition) is 6. The van der Waals surface area contributed by atoms with Crippen LogP contribution in [0.15, 0.2) is 24.3 Å². The molecule has 1 aliphatic heterocycles. The fourth-order valence-corrected chi connectivity index (χ4v) is 3.26. The molecule has 27 heavy (non-hydrogen) atoms. The quantitative estimate of drug-likeness (QED) is 0.809. The molecule has 7 nitrogen and oxygen atoms in total. The lowest BCUT2D eigenvalue weighted by atomic mass is 9.94. The lowest BCUT2D eigenvalue weighted by molar-refractivity contribution is -0.157. The monoisotopic (exact) mass is 379 g/mol. The van der Waals surface area contributed by atoms with Gasteiger partial charge in [0.05, 0.1) is 19.7 Å². The van der Waals surface area contributed by atoms with E-state index in [1.807, 2.05) is 24.3 Å². The van der Waals surface area contributed by atoms with E-state index in [0.29, 0.717) is 6.42 Å². The Balaban J connectivity index is 2.32. The minimum Gasteiger partial charge on any atom is -0.497 e. The molecule has 1 N–H and O–H groups in total. The summed E-state index contributed by atoms with van der Waals surface area (Å²) >= 11 is 0. The Hall–Kier alpha value is -2.28. The summed E-state index contributed by atoms with van der Waals surface area (Å²) < 4.78 is 16.1. The lowest BCUT2D eigenvalue weighted by Gasteiger charge is -2.30. The maximum atomic E-state index is 12.7. The zero-order valence-electron chi connectivity index (χ0n) is 16.8. The molecule has 150 valence electrons. The Morgan fingerprint density at radius 3 is 2.33 bits per heavy atom. The Kier molecular flexibility index (Phi) is 6.04. The van der Waals surface area contributed by atoms with Crippen LogP contribution in [0.5, 0.6) is 5.75 Å². The van der Waals surface area contributed by atoms with Gasteiger partial charge in [0.2, 0.25) is 0 Å². The largest absolute Gasteiger partial charge is 0.497 e. The zero-order chi connectivity index (χ0) is 20.4. The number of rotatable bonds is 4. The number of nitrogens with zero attached hydrogens (tertiary/aromatic N) is 1. The number of amides is 1. The SMILES string of the molecule is COc1ccc(C[C@@H]2[C@H](OC(C)=O)[C@@](C)(O)CN2C(=O)OC(C)(C)C)cc1. The average Bonchev–Trinajstić information content (AvgIpc) is 2.78. The summed E-state index contributed by atoms with van der Waals surface area (Å²) in [6, 6.07) is 6.85. The molecule has 0 aromatic heterocycles. The van der Waals surface area contributed by atoms with Crippen molar-refractivity contribution in [2.75, 3.05) is 13.7 Å². The van der Waals surface area contributed by atoms with Crippen LogP contribution in [0.1, 0.15) is 40.2 Å². The van der Waals surface area contributed by atoms with Gasteiger partial charge in [0.15, 0.2) is 6.10 Å². The average molecular weight is 379 g/mol. The predicted molar refractivity (Wildman–Crippen MR) is 99.6 cm³/mol. The molecule has 0 unspecified atom stereocenters. The van der Waals surface area contributed by atoms with Crippen LogP contribution in [0, 0.1) is 0 Å². The first-order valence-corrected chi connectivity index (χ1v) is 8.95. The highest BCUT2D eigenvalue weighted by Gasteiger charge is 2.53. The van der Waals surface area contributed by atoms with Gasteiger partial charge in [-0.2, -0.15) is 0 Å². The number of hydrogen-bond donors (Lipinski definition) is 1. The summed E-state index contributed by atoms with van der Waals surface area (Å²) in [7, 11) is 1.59. The van der Waals surface area contributed by atoms with E-state index in [-0.39, 0.29) is 6.54 Å². The lowest BCUT2D eigenvalue weighted by Crippen LogP contribution is -2.46. The summed E-state index contributed by atoms with van der Waals surface area (Å²) in [6.45, 7) is 8.20. The van der Waals surface area contributed by atoms with E-state index in [9.17, 15) is 14.7 Å². The van der Waals surface area contributed by atoms with E-state index in [1.54, 1.807) is 34.8 Å². The Morgan fingerprint density at radius 2 is 1.85 bits per heavy atom. The van der Waals surface area contributed by atoms with Crippen molar-refractivity contribution in [3.05, 3.63) is 29.8 Å². The van der Waals surface area contributed by atoms with Crippen LogP contribution < -0.4 is 4.74 Å². The molecule has 3 atom stereocenters. The third-order valence-electron chi connectivity index (χ3n) is 4.38. The maximum absolute atomic E-state index is 12.7. The molecule has 1 amide bonds. The van der Waals surface area contributed by atoms with Gasteiger partial charge >= 0.3 is 12.1 Å². The third kappa shape index (κ3) is 5.35. The summed E-state index contributed by atoms with van der Waals surface area (Å²) in [6.07, 6.45) is -1.00. The van der Waals surface area contributed by atoms with E-state index in [4.69, 9.17) is 14.2 Å². The van der Waals surface area contributed by atoms with E-state index in [1.165, 1.54) is 11.8 Å². The first-order chi connectivity index (χ1) is 12.4. The second-order valence-corrected chi connectivity index (χ2v) is 8.11. The number of methoxy groups -OCH3 is 1. The highest BCUT2D eigenvalue weighted by atomic mass is 16.6. The summed E-state index contributed by atoms with van der Waals surface area (Å²) in [5.41, 5.74) is -1.13. The molecule has 0 aliphatic carbocycles. The van der Waals surface area contributed by atoms with Crippen LogP contribution >= 0.6 is 0 Å². The van der Waals surface area contributed by atoms with Crippen LogP contribution in [0.2, 0.25) is 0 Å². The van der Waals surface area contributed by atoms with E-state index >= 15 is 0 Å². The third-order valence-corrected chi connectivity index (χ3v) is 4.38. The molecule has 0 saturated carbocycles.